The summed E-state index contributed by atoms with van der Waals surface area (Å²) in [6.07, 6.45) is 1.29. The molecule has 158 valence electrons. The first-order valence-corrected chi connectivity index (χ1v) is 11.5. The summed E-state index contributed by atoms with van der Waals surface area (Å²) in [5.41, 5.74) is -0.0163. The van der Waals surface area contributed by atoms with Crippen molar-refractivity contribution in [3.63, 3.8) is 0 Å². The minimum Gasteiger partial charge on any atom is -0.277 e. The Balaban J connectivity index is 2.36. The summed E-state index contributed by atoms with van der Waals surface area (Å²) in [6.45, 7) is 6.52. The van der Waals surface area contributed by atoms with Gasteiger partial charge >= 0.3 is 0 Å². The molecular weight excluding hydrogens is 422 g/mol. The van der Waals surface area contributed by atoms with Gasteiger partial charge in [-0.05, 0) is 45.4 Å². The van der Waals surface area contributed by atoms with Crippen molar-refractivity contribution in [2.75, 3.05) is 4.72 Å². The van der Waals surface area contributed by atoms with Crippen LogP contribution in [0.5, 0.6) is 0 Å². The maximum atomic E-state index is 14.1. The molecule has 0 aliphatic heterocycles. The largest absolute Gasteiger partial charge is 0.277 e. The Bertz CT molecular complexity index is 1140. The van der Waals surface area contributed by atoms with Crippen molar-refractivity contribution in [1.82, 2.24) is 4.72 Å². The molecule has 0 saturated carbocycles. The first-order valence-electron chi connectivity index (χ1n) is 8.49. The van der Waals surface area contributed by atoms with Gasteiger partial charge in [0.1, 0.15) is 16.5 Å². The van der Waals surface area contributed by atoms with Crippen LogP contribution in [0.15, 0.2) is 46.7 Å². The second-order valence-electron chi connectivity index (χ2n) is 7.48. The summed E-state index contributed by atoms with van der Waals surface area (Å²) in [6, 6.07) is 7.90. The molecule has 0 aliphatic carbocycles. The van der Waals surface area contributed by atoms with Crippen molar-refractivity contribution in [2.45, 2.75) is 38.1 Å². The Labute approximate surface area is 169 Å². The van der Waals surface area contributed by atoms with Crippen molar-refractivity contribution in [3.8, 4) is 0 Å². The number of benzene rings is 2. The number of hydrogen-bond donors (Lipinski definition) is 2. The van der Waals surface area contributed by atoms with Crippen LogP contribution < -0.4 is 9.44 Å². The lowest BCUT2D eigenvalue weighted by Gasteiger charge is -2.21. The molecule has 0 saturated heterocycles. The normalized spacial score (nSPS) is 13.0. The van der Waals surface area contributed by atoms with Crippen LogP contribution in [0, 0.1) is 18.6 Å². The fourth-order valence-electron chi connectivity index (χ4n) is 2.30. The third kappa shape index (κ3) is 6.62. The fourth-order valence-corrected chi connectivity index (χ4v) is 4.68. The number of nitrogens with one attached hydrogen (secondary N) is 2. The molecule has 0 aromatic heterocycles. The second-order valence-corrected chi connectivity index (χ2v) is 10.7. The van der Waals surface area contributed by atoms with Crippen LogP contribution in [-0.2, 0) is 20.0 Å². The average Bonchev–Trinajstić information content (AvgIpc) is 2.54. The van der Waals surface area contributed by atoms with Gasteiger partial charge in [-0.15, -0.1) is 0 Å². The highest BCUT2D eigenvalue weighted by atomic mass is 32.2. The minimum atomic E-state index is -4.35. The number of hydrogen-bond acceptors (Lipinski definition) is 4. The summed E-state index contributed by atoms with van der Waals surface area (Å²) in [4.78, 5) is -0.867. The van der Waals surface area contributed by atoms with E-state index < -0.39 is 47.8 Å². The first kappa shape index (κ1) is 23.0. The Morgan fingerprint density at radius 2 is 1.52 bits per heavy atom. The van der Waals surface area contributed by atoms with Gasteiger partial charge in [0.05, 0.1) is 11.1 Å². The zero-order valence-corrected chi connectivity index (χ0v) is 18.0. The number of aryl methyl sites for hydroxylation is 1. The summed E-state index contributed by atoms with van der Waals surface area (Å²) in [5.74, 6) is -2.58. The molecule has 2 N–H and O–H groups in total. The van der Waals surface area contributed by atoms with Gasteiger partial charge in [0.15, 0.2) is 0 Å². The lowest BCUT2D eigenvalue weighted by molar-refractivity contribution is 0.485. The first-order chi connectivity index (χ1) is 13.2. The Hall–Kier alpha value is -2.30. The van der Waals surface area contributed by atoms with Gasteiger partial charge in [-0.2, -0.15) is 0 Å². The zero-order valence-electron chi connectivity index (χ0n) is 16.3. The van der Waals surface area contributed by atoms with Crippen molar-refractivity contribution in [3.05, 3.63) is 64.6 Å². The van der Waals surface area contributed by atoms with Gasteiger partial charge in [0.2, 0.25) is 10.0 Å². The molecule has 6 nitrogen and oxygen atoms in total. The fraction of sp³-hybridized carbons (Fsp3) is 0.263. The molecule has 2 aromatic carbocycles. The number of halogens is 2. The van der Waals surface area contributed by atoms with Crippen LogP contribution in [-0.4, -0.2) is 22.4 Å². The lowest BCUT2D eigenvalue weighted by atomic mass is 10.1. The van der Waals surface area contributed by atoms with Crippen LogP contribution in [0.3, 0.4) is 0 Å². The molecular formula is C19H22F2N2O4S2. The van der Waals surface area contributed by atoms with E-state index in [4.69, 9.17) is 0 Å². The molecule has 0 heterocycles. The summed E-state index contributed by atoms with van der Waals surface area (Å²) in [7, 11) is -8.53. The maximum Gasteiger partial charge on any atom is 0.255 e. The molecule has 0 amide bonds. The lowest BCUT2D eigenvalue weighted by Crippen LogP contribution is -2.40. The molecule has 0 aliphatic rings. The van der Waals surface area contributed by atoms with Crippen LogP contribution >= 0.6 is 0 Å². The molecule has 0 bridgehead atoms. The predicted octanol–water partition coefficient (Wildman–Crippen LogP) is 3.76. The molecule has 10 heteroatoms. The monoisotopic (exact) mass is 444 g/mol. The highest BCUT2D eigenvalue weighted by Gasteiger charge is 2.27. The van der Waals surface area contributed by atoms with E-state index in [1.165, 1.54) is 6.08 Å². The molecule has 2 aromatic rings. The Kier molecular flexibility index (Phi) is 6.51. The van der Waals surface area contributed by atoms with Crippen molar-refractivity contribution < 1.29 is 25.6 Å². The topological polar surface area (TPSA) is 92.3 Å². The maximum absolute atomic E-state index is 14.1. The van der Waals surface area contributed by atoms with Crippen molar-refractivity contribution in [1.29, 1.82) is 0 Å². The third-order valence-electron chi connectivity index (χ3n) is 3.52. The predicted molar refractivity (Wildman–Crippen MR) is 109 cm³/mol. The van der Waals surface area contributed by atoms with Crippen LogP contribution in [0.2, 0.25) is 0 Å². The van der Waals surface area contributed by atoms with Gasteiger partial charge in [-0.25, -0.2) is 30.3 Å². The SMILES string of the molecule is Cc1ccc(C=CS(=O)(=O)Nc2cc(S(=O)(=O)NC(C)(C)C)c(F)cc2F)cc1. The van der Waals surface area contributed by atoms with Gasteiger partial charge in [0.25, 0.3) is 10.0 Å². The van der Waals surface area contributed by atoms with Crippen molar-refractivity contribution >= 4 is 31.8 Å². The summed E-state index contributed by atoms with van der Waals surface area (Å²) in [5, 5.41) is 0.808. The molecule has 2 rings (SSSR count). The van der Waals surface area contributed by atoms with E-state index in [1.54, 1.807) is 45.0 Å². The average molecular weight is 445 g/mol. The zero-order chi connectivity index (χ0) is 22.0. The highest BCUT2D eigenvalue weighted by molar-refractivity contribution is 7.95. The Morgan fingerprint density at radius 1 is 0.931 bits per heavy atom. The van der Waals surface area contributed by atoms with E-state index in [-0.39, 0.29) is 0 Å². The van der Waals surface area contributed by atoms with Gasteiger partial charge in [-0.3, -0.25) is 4.72 Å². The van der Waals surface area contributed by atoms with Crippen LogP contribution in [0.1, 0.15) is 31.9 Å². The van der Waals surface area contributed by atoms with E-state index in [2.05, 4.69) is 4.72 Å². The molecule has 29 heavy (non-hydrogen) atoms. The van der Waals surface area contributed by atoms with Gasteiger partial charge in [-0.1, -0.05) is 29.8 Å². The van der Waals surface area contributed by atoms with E-state index in [0.717, 1.165) is 11.0 Å². The number of sulfonamides is 2. The van der Waals surface area contributed by atoms with E-state index in [9.17, 15) is 25.6 Å². The summed E-state index contributed by atoms with van der Waals surface area (Å²) >= 11 is 0. The molecule has 0 unspecified atom stereocenters. The van der Waals surface area contributed by atoms with Crippen molar-refractivity contribution in [2.24, 2.45) is 0 Å². The van der Waals surface area contributed by atoms with Gasteiger partial charge in [0, 0.05) is 11.6 Å². The minimum absolute atomic E-state index is 0.318. The van der Waals surface area contributed by atoms with E-state index in [0.29, 0.717) is 17.7 Å². The van der Waals surface area contributed by atoms with Crippen LogP contribution in [0.25, 0.3) is 6.08 Å². The number of anilines is 1. The molecule has 0 spiro atoms. The molecule has 0 fully saturated rings. The van der Waals surface area contributed by atoms with Crippen LogP contribution in [0.4, 0.5) is 14.5 Å². The molecule has 0 radical (unpaired) electrons. The second kappa shape index (κ2) is 8.21. The third-order valence-corrected chi connectivity index (χ3v) is 6.29. The highest BCUT2D eigenvalue weighted by Crippen LogP contribution is 2.25. The van der Waals surface area contributed by atoms with Gasteiger partial charge < -0.3 is 0 Å². The van der Waals surface area contributed by atoms with E-state index in [1.807, 2.05) is 11.6 Å². The summed E-state index contributed by atoms with van der Waals surface area (Å²) < 4.78 is 81.6. The smallest absolute Gasteiger partial charge is 0.255 e. The molecule has 0 atom stereocenters. The Morgan fingerprint density at radius 3 is 2.07 bits per heavy atom. The standard InChI is InChI=1S/C19H22F2N2O4S2/c1-13-5-7-14(8-6-13)9-10-28(24,25)22-17-12-18(16(21)11-15(17)20)29(26,27)23-19(2,3)4/h5-12,22-23H,1-4H3. The quantitative estimate of drug-likeness (QED) is 0.710. The van der Waals surface area contributed by atoms with E-state index >= 15 is 0 Å². The number of rotatable bonds is 6.